The number of nitrogens with two attached hydrogens (primary N) is 1. The van der Waals surface area contributed by atoms with Gasteiger partial charge in [-0.2, -0.15) is 13.7 Å². The standard InChI is InChI=1S/C17H18N2O7S/c1-4-25-17(20)14-9(2)26-16(19)11(8-18)15(14)10-5-6-12(24-3)13(7-10)27(21,22)23/h5-7,15H,4,19H2,1-3H3,(H,21,22,23). The number of hydrogen-bond acceptors (Lipinski definition) is 8. The summed E-state index contributed by atoms with van der Waals surface area (Å²) in [7, 11) is -3.38. The molecule has 0 spiro atoms. The number of benzene rings is 1. The van der Waals surface area contributed by atoms with E-state index in [1.54, 1.807) is 6.92 Å². The monoisotopic (exact) mass is 394 g/mol. The van der Waals surface area contributed by atoms with Gasteiger partial charge in [-0.1, -0.05) is 6.07 Å². The zero-order chi connectivity index (χ0) is 20.4. The van der Waals surface area contributed by atoms with E-state index >= 15 is 0 Å². The minimum absolute atomic E-state index is 0.00838. The maximum absolute atomic E-state index is 12.4. The number of allylic oxidation sites excluding steroid dienone is 2. The first kappa shape index (κ1) is 20.3. The van der Waals surface area contributed by atoms with Crippen molar-refractivity contribution in [3.8, 4) is 11.8 Å². The average Bonchev–Trinajstić information content (AvgIpc) is 2.60. The molecule has 0 saturated carbocycles. The number of carbonyl (C=O) groups excluding carboxylic acids is 1. The molecule has 1 aromatic carbocycles. The molecule has 0 amide bonds. The largest absolute Gasteiger partial charge is 0.495 e. The highest BCUT2D eigenvalue weighted by Crippen LogP contribution is 2.41. The first-order valence-corrected chi connectivity index (χ1v) is 9.20. The van der Waals surface area contributed by atoms with Gasteiger partial charge in [0.25, 0.3) is 10.1 Å². The SMILES string of the molecule is CCOC(=O)C1=C(C)OC(N)=C(C#N)C1c1ccc(OC)c(S(=O)(=O)O)c1. The molecule has 0 aromatic heterocycles. The molecular formula is C17H18N2O7S. The number of methoxy groups -OCH3 is 1. The van der Waals surface area contributed by atoms with E-state index in [2.05, 4.69) is 0 Å². The fourth-order valence-electron chi connectivity index (χ4n) is 2.76. The van der Waals surface area contributed by atoms with Crippen LogP contribution in [0, 0.1) is 11.3 Å². The molecule has 1 unspecified atom stereocenters. The van der Waals surface area contributed by atoms with E-state index in [0.29, 0.717) is 0 Å². The van der Waals surface area contributed by atoms with Gasteiger partial charge in [0.1, 0.15) is 28.0 Å². The van der Waals surface area contributed by atoms with Gasteiger partial charge in [-0.15, -0.1) is 0 Å². The summed E-state index contributed by atoms with van der Waals surface area (Å²) < 4.78 is 48.1. The fraction of sp³-hybridized carbons (Fsp3) is 0.294. The molecule has 2 rings (SSSR count). The Morgan fingerprint density at radius 2 is 2.11 bits per heavy atom. The van der Waals surface area contributed by atoms with Crippen LogP contribution in [-0.4, -0.2) is 32.7 Å². The summed E-state index contributed by atoms with van der Waals surface area (Å²) in [5, 5.41) is 9.50. The summed E-state index contributed by atoms with van der Waals surface area (Å²) >= 11 is 0. The Hall–Kier alpha value is -3.03. The number of esters is 1. The van der Waals surface area contributed by atoms with E-state index in [1.165, 1.54) is 26.2 Å². The first-order chi connectivity index (χ1) is 12.6. The predicted octanol–water partition coefficient (Wildman–Crippen LogP) is 1.59. The third-order valence-electron chi connectivity index (χ3n) is 3.90. The predicted molar refractivity (Wildman–Crippen MR) is 92.8 cm³/mol. The normalized spacial score (nSPS) is 17.2. The van der Waals surface area contributed by atoms with Crippen LogP contribution in [0.3, 0.4) is 0 Å². The molecule has 0 aliphatic carbocycles. The van der Waals surface area contributed by atoms with Gasteiger partial charge in [0, 0.05) is 0 Å². The van der Waals surface area contributed by atoms with E-state index in [1.807, 2.05) is 6.07 Å². The van der Waals surface area contributed by atoms with Gasteiger partial charge in [-0.3, -0.25) is 4.55 Å². The Morgan fingerprint density at radius 3 is 2.63 bits per heavy atom. The smallest absolute Gasteiger partial charge is 0.338 e. The quantitative estimate of drug-likeness (QED) is 0.560. The summed E-state index contributed by atoms with van der Waals surface area (Å²) in [5.41, 5.74) is 5.92. The molecule has 9 nitrogen and oxygen atoms in total. The van der Waals surface area contributed by atoms with E-state index in [-0.39, 0.29) is 40.7 Å². The van der Waals surface area contributed by atoms with E-state index in [9.17, 15) is 23.0 Å². The van der Waals surface area contributed by atoms with Crippen molar-refractivity contribution in [2.45, 2.75) is 24.7 Å². The molecule has 1 atom stereocenters. The molecule has 144 valence electrons. The van der Waals surface area contributed by atoms with Crippen molar-refractivity contribution in [3.05, 3.63) is 46.6 Å². The van der Waals surface area contributed by atoms with E-state index in [0.717, 1.165) is 6.07 Å². The number of nitriles is 1. The molecule has 1 aliphatic rings. The molecule has 10 heteroatoms. The molecular weight excluding hydrogens is 376 g/mol. The number of ether oxygens (including phenoxy) is 3. The maximum atomic E-state index is 12.4. The molecule has 1 heterocycles. The molecule has 0 saturated heterocycles. The summed E-state index contributed by atoms with van der Waals surface area (Å²) in [4.78, 5) is 11.9. The van der Waals surface area contributed by atoms with Crippen LogP contribution in [0.2, 0.25) is 0 Å². The first-order valence-electron chi connectivity index (χ1n) is 7.76. The second-order valence-corrected chi connectivity index (χ2v) is 6.89. The van der Waals surface area contributed by atoms with Crippen LogP contribution >= 0.6 is 0 Å². The third-order valence-corrected chi connectivity index (χ3v) is 4.77. The van der Waals surface area contributed by atoms with Crippen molar-refractivity contribution >= 4 is 16.1 Å². The van der Waals surface area contributed by atoms with Crippen molar-refractivity contribution in [2.75, 3.05) is 13.7 Å². The molecule has 1 aliphatic heterocycles. The zero-order valence-corrected chi connectivity index (χ0v) is 15.7. The van der Waals surface area contributed by atoms with Crippen LogP contribution in [0.4, 0.5) is 0 Å². The number of nitrogens with zero attached hydrogens (tertiary/aromatic N) is 1. The second-order valence-electron chi connectivity index (χ2n) is 5.50. The summed E-state index contributed by atoms with van der Waals surface area (Å²) in [5.74, 6) is -1.95. The van der Waals surface area contributed by atoms with Crippen molar-refractivity contribution in [2.24, 2.45) is 5.73 Å². The van der Waals surface area contributed by atoms with Gasteiger partial charge >= 0.3 is 5.97 Å². The van der Waals surface area contributed by atoms with Gasteiger partial charge < -0.3 is 19.9 Å². The van der Waals surface area contributed by atoms with Gasteiger partial charge in [-0.25, -0.2) is 4.79 Å². The van der Waals surface area contributed by atoms with Gasteiger partial charge in [-0.05, 0) is 31.5 Å². The highest BCUT2D eigenvalue weighted by Gasteiger charge is 2.37. The van der Waals surface area contributed by atoms with Gasteiger partial charge in [0.15, 0.2) is 0 Å². The molecule has 0 fully saturated rings. The number of carbonyl (C=O) groups is 1. The average molecular weight is 394 g/mol. The van der Waals surface area contributed by atoms with Crippen LogP contribution < -0.4 is 10.5 Å². The zero-order valence-electron chi connectivity index (χ0n) is 14.8. The highest BCUT2D eigenvalue weighted by molar-refractivity contribution is 7.86. The fourth-order valence-corrected chi connectivity index (χ4v) is 3.45. The van der Waals surface area contributed by atoms with E-state index < -0.39 is 26.9 Å². The topological polar surface area (TPSA) is 149 Å². The number of rotatable bonds is 5. The second kappa shape index (κ2) is 7.69. The van der Waals surface area contributed by atoms with Crippen LogP contribution in [0.1, 0.15) is 25.3 Å². The Morgan fingerprint density at radius 1 is 1.44 bits per heavy atom. The summed E-state index contributed by atoms with van der Waals surface area (Å²) in [6.07, 6.45) is 0. The van der Waals surface area contributed by atoms with Crippen molar-refractivity contribution in [3.63, 3.8) is 0 Å². The Labute approximate surface area is 156 Å². The van der Waals surface area contributed by atoms with Gasteiger partial charge in [0.05, 0.1) is 25.2 Å². The lowest BCUT2D eigenvalue weighted by atomic mass is 9.83. The van der Waals surface area contributed by atoms with Crippen molar-refractivity contribution < 1.29 is 32.0 Å². The molecule has 3 N–H and O–H groups in total. The van der Waals surface area contributed by atoms with Crippen LogP contribution in [0.25, 0.3) is 0 Å². The van der Waals surface area contributed by atoms with Crippen LogP contribution in [0.5, 0.6) is 5.75 Å². The molecule has 0 radical (unpaired) electrons. The third kappa shape index (κ3) is 3.89. The molecule has 0 bridgehead atoms. The van der Waals surface area contributed by atoms with E-state index in [4.69, 9.17) is 19.9 Å². The van der Waals surface area contributed by atoms with Crippen molar-refractivity contribution in [1.29, 1.82) is 5.26 Å². The Kier molecular flexibility index (Phi) is 5.78. The minimum atomic E-state index is -4.62. The minimum Gasteiger partial charge on any atom is -0.495 e. The van der Waals surface area contributed by atoms with Gasteiger partial charge in [0.2, 0.25) is 5.88 Å². The lowest BCUT2D eigenvalue weighted by molar-refractivity contribution is -0.139. The van der Waals surface area contributed by atoms with Crippen LogP contribution in [0.15, 0.2) is 45.9 Å². The van der Waals surface area contributed by atoms with Crippen LogP contribution in [-0.2, 0) is 24.4 Å². The maximum Gasteiger partial charge on any atom is 0.338 e. The lowest BCUT2D eigenvalue weighted by Gasteiger charge is -2.27. The number of hydrogen-bond donors (Lipinski definition) is 2. The summed E-state index contributed by atoms with van der Waals surface area (Å²) in [6, 6.07) is 5.76. The highest BCUT2D eigenvalue weighted by atomic mass is 32.2. The molecule has 27 heavy (non-hydrogen) atoms. The lowest BCUT2D eigenvalue weighted by Crippen LogP contribution is -2.25. The summed E-state index contributed by atoms with van der Waals surface area (Å²) in [6.45, 7) is 3.18. The Balaban J connectivity index is 2.76. The molecule has 1 aromatic rings. The van der Waals surface area contributed by atoms with Crippen molar-refractivity contribution in [1.82, 2.24) is 0 Å². The Bertz CT molecular complexity index is 987.